The van der Waals surface area contributed by atoms with Gasteiger partial charge in [0.2, 0.25) is 0 Å². The molecule has 0 aliphatic heterocycles. The van der Waals surface area contributed by atoms with E-state index in [4.69, 9.17) is 4.74 Å². The molecular weight excluding hydrogens is 468 g/mol. The van der Waals surface area contributed by atoms with Crippen LogP contribution in [0.2, 0.25) is 0 Å². The van der Waals surface area contributed by atoms with Gasteiger partial charge in [0.25, 0.3) is 0 Å². The Kier molecular flexibility index (Phi) is 6.37. The van der Waals surface area contributed by atoms with Gasteiger partial charge in [0.15, 0.2) is 5.78 Å². The number of aliphatic hydroxyl groups excluding tert-OH is 3. The molecule has 0 spiro atoms. The van der Waals surface area contributed by atoms with Crippen molar-refractivity contribution in [2.24, 2.45) is 50.7 Å². The van der Waals surface area contributed by atoms with E-state index in [-0.39, 0.29) is 52.4 Å². The van der Waals surface area contributed by atoms with E-state index in [1.165, 1.54) is 12.7 Å². The van der Waals surface area contributed by atoms with Gasteiger partial charge in [0, 0.05) is 11.3 Å². The first-order chi connectivity index (χ1) is 17.2. The summed E-state index contributed by atoms with van der Waals surface area (Å²) in [7, 11) is 1.43. The second-order valence-electron chi connectivity index (χ2n) is 14.7. The summed E-state index contributed by atoms with van der Waals surface area (Å²) in [6.45, 7) is 10.6. The lowest BCUT2D eigenvalue weighted by molar-refractivity contribution is -0.202. The second kappa shape index (κ2) is 8.63. The van der Waals surface area contributed by atoms with Crippen LogP contribution in [0, 0.1) is 50.7 Å². The highest BCUT2D eigenvalue weighted by Gasteiger charge is 2.67. The SMILES string of the molecule is COC(=O)[C@@]1(C)[C@@H](O)CC[C@]2(C)[C@H]3CC[C@H]4C(=CC(=O)[C@@H]5[C@]4(C)CC[C@@H](O)[C@]5(C)CO)C[C@]3(C)CC[C@@H]21. The number of carbonyl (C=O) groups excluding carboxylic acids is 2. The number of allylic oxidation sites excluding steroid dienone is 2. The molecular formula is C31H48O6. The third-order valence-electron chi connectivity index (χ3n) is 13.0. The first-order valence-electron chi connectivity index (χ1n) is 14.5. The van der Waals surface area contributed by atoms with Crippen LogP contribution in [-0.4, -0.2) is 53.0 Å². The largest absolute Gasteiger partial charge is 0.469 e. The summed E-state index contributed by atoms with van der Waals surface area (Å²) in [4.78, 5) is 26.8. The molecule has 0 heterocycles. The Morgan fingerprint density at radius 2 is 1.57 bits per heavy atom. The van der Waals surface area contributed by atoms with E-state index in [9.17, 15) is 24.9 Å². The molecule has 5 aliphatic rings. The summed E-state index contributed by atoms with van der Waals surface area (Å²) in [6.07, 6.45) is 8.12. The van der Waals surface area contributed by atoms with Crippen molar-refractivity contribution < 1.29 is 29.6 Å². The van der Waals surface area contributed by atoms with Crippen LogP contribution in [0.1, 0.15) is 92.4 Å². The Labute approximate surface area is 222 Å². The quantitative estimate of drug-likeness (QED) is 0.469. The summed E-state index contributed by atoms with van der Waals surface area (Å²) < 4.78 is 5.26. The predicted octanol–water partition coefficient (Wildman–Crippen LogP) is 4.44. The molecule has 6 heteroatoms. The topological polar surface area (TPSA) is 104 Å². The van der Waals surface area contributed by atoms with Gasteiger partial charge in [-0.25, -0.2) is 0 Å². The molecule has 0 saturated heterocycles. The number of methoxy groups -OCH3 is 1. The lowest BCUT2D eigenvalue weighted by Crippen LogP contribution is -2.61. The molecule has 0 aromatic heterocycles. The summed E-state index contributed by atoms with van der Waals surface area (Å²) in [5, 5.41) is 32.3. The van der Waals surface area contributed by atoms with Crippen LogP contribution < -0.4 is 0 Å². The molecule has 37 heavy (non-hydrogen) atoms. The third-order valence-corrected chi connectivity index (χ3v) is 13.0. The van der Waals surface area contributed by atoms with Crippen LogP contribution in [0.4, 0.5) is 0 Å². The fraction of sp³-hybridized carbons (Fsp3) is 0.871. The summed E-state index contributed by atoms with van der Waals surface area (Å²) in [6, 6.07) is 0. The van der Waals surface area contributed by atoms with E-state index in [1.807, 2.05) is 19.9 Å². The van der Waals surface area contributed by atoms with Gasteiger partial charge >= 0.3 is 5.97 Å². The molecule has 0 unspecified atom stereocenters. The minimum Gasteiger partial charge on any atom is -0.469 e. The molecule has 0 aromatic carbocycles. The van der Waals surface area contributed by atoms with Gasteiger partial charge < -0.3 is 20.1 Å². The zero-order chi connectivity index (χ0) is 27.2. The minimum atomic E-state index is -0.906. The standard InChI is InChI=1S/C31H48O6/c1-27-12-9-22-29(3,14-11-24(35)31(22,5)26(36)37-6)21(27)8-7-19-18(16-27)15-20(33)25-28(19,2)13-10-23(34)30(25,4)17-32/h15,19,21-25,32,34-35H,7-14,16-17H2,1-6H3/t19-,21-,22-,23+,24-,25+,27-,28+,29+,30-,31+/m0/s1. The van der Waals surface area contributed by atoms with Crippen molar-refractivity contribution in [1.29, 1.82) is 0 Å². The maximum absolute atomic E-state index is 13.7. The van der Waals surface area contributed by atoms with Crippen LogP contribution in [0.25, 0.3) is 0 Å². The molecule has 0 radical (unpaired) electrons. The molecule has 11 atom stereocenters. The van der Waals surface area contributed by atoms with Gasteiger partial charge in [-0.3, -0.25) is 9.59 Å². The van der Waals surface area contributed by atoms with Crippen LogP contribution >= 0.6 is 0 Å². The highest BCUT2D eigenvalue weighted by Crippen LogP contribution is 2.70. The van der Waals surface area contributed by atoms with Crippen molar-refractivity contribution in [2.75, 3.05) is 13.7 Å². The van der Waals surface area contributed by atoms with Gasteiger partial charge in [0.1, 0.15) is 0 Å². The second-order valence-corrected chi connectivity index (χ2v) is 14.7. The van der Waals surface area contributed by atoms with Gasteiger partial charge in [-0.05, 0) is 105 Å². The molecule has 4 saturated carbocycles. The number of hydrogen-bond donors (Lipinski definition) is 3. The van der Waals surface area contributed by atoms with Gasteiger partial charge in [-0.2, -0.15) is 0 Å². The van der Waals surface area contributed by atoms with Crippen molar-refractivity contribution in [1.82, 2.24) is 0 Å². The van der Waals surface area contributed by atoms with E-state index in [2.05, 4.69) is 20.8 Å². The van der Waals surface area contributed by atoms with E-state index in [1.54, 1.807) is 0 Å². The number of ether oxygens (including phenoxy) is 1. The lowest BCUT2D eigenvalue weighted by atomic mass is 9.41. The van der Waals surface area contributed by atoms with Crippen LogP contribution in [0.5, 0.6) is 0 Å². The van der Waals surface area contributed by atoms with Crippen molar-refractivity contribution in [3.05, 3.63) is 11.6 Å². The monoisotopic (exact) mass is 516 g/mol. The summed E-state index contributed by atoms with van der Waals surface area (Å²) >= 11 is 0. The van der Waals surface area contributed by atoms with Crippen LogP contribution in [-0.2, 0) is 14.3 Å². The Balaban J connectivity index is 1.54. The number of fused-ring (bicyclic) bond motifs is 6. The maximum Gasteiger partial charge on any atom is 0.314 e. The minimum absolute atomic E-state index is 0.0170. The number of hydrogen-bond acceptors (Lipinski definition) is 6. The lowest BCUT2D eigenvalue weighted by Gasteiger charge is -2.63. The molecule has 3 N–H and O–H groups in total. The van der Waals surface area contributed by atoms with Crippen LogP contribution in [0.15, 0.2) is 11.6 Å². The van der Waals surface area contributed by atoms with Gasteiger partial charge in [0.05, 0.1) is 31.3 Å². The Morgan fingerprint density at radius 3 is 2.22 bits per heavy atom. The molecule has 5 aliphatic carbocycles. The molecule has 208 valence electrons. The number of esters is 1. The average Bonchev–Trinajstić information content (AvgIpc) is 3.00. The number of rotatable bonds is 2. The van der Waals surface area contributed by atoms with Crippen molar-refractivity contribution in [3.8, 4) is 0 Å². The Bertz CT molecular complexity index is 1010. The number of aliphatic hydroxyl groups is 3. The van der Waals surface area contributed by atoms with Crippen molar-refractivity contribution in [2.45, 2.75) is 105 Å². The molecule has 0 aromatic rings. The molecule has 4 fully saturated rings. The van der Waals surface area contributed by atoms with Crippen molar-refractivity contribution >= 4 is 11.8 Å². The fourth-order valence-electron chi connectivity index (χ4n) is 11.1. The van der Waals surface area contributed by atoms with Crippen LogP contribution in [0.3, 0.4) is 0 Å². The Morgan fingerprint density at radius 1 is 0.919 bits per heavy atom. The number of ketones is 1. The first kappa shape index (κ1) is 27.3. The zero-order valence-electron chi connectivity index (χ0n) is 23.7. The Hall–Kier alpha value is -1.24. The smallest absolute Gasteiger partial charge is 0.314 e. The fourth-order valence-corrected chi connectivity index (χ4v) is 11.1. The highest BCUT2D eigenvalue weighted by molar-refractivity contribution is 5.95. The number of carbonyl (C=O) groups is 2. The van der Waals surface area contributed by atoms with Crippen molar-refractivity contribution in [3.63, 3.8) is 0 Å². The van der Waals surface area contributed by atoms with Gasteiger partial charge in [-0.1, -0.05) is 33.3 Å². The first-order valence-corrected chi connectivity index (χ1v) is 14.5. The van der Waals surface area contributed by atoms with E-state index >= 15 is 0 Å². The maximum atomic E-state index is 13.7. The molecule has 0 amide bonds. The molecule has 5 rings (SSSR count). The average molecular weight is 517 g/mol. The van der Waals surface area contributed by atoms with E-state index in [0.717, 1.165) is 44.9 Å². The summed E-state index contributed by atoms with van der Waals surface area (Å²) in [5.41, 5.74) is -0.839. The van der Waals surface area contributed by atoms with E-state index in [0.29, 0.717) is 18.8 Å². The van der Waals surface area contributed by atoms with Gasteiger partial charge in [-0.15, -0.1) is 0 Å². The highest BCUT2D eigenvalue weighted by atomic mass is 16.5. The summed E-state index contributed by atoms with van der Waals surface area (Å²) in [5.74, 6) is 0.0677. The molecule has 6 nitrogen and oxygen atoms in total. The predicted molar refractivity (Wildman–Crippen MR) is 140 cm³/mol. The van der Waals surface area contributed by atoms with E-state index < -0.39 is 23.0 Å². The normalized spacial score (nSPS) is 53.5. The third kappa shape index (κ3) is 3.47. The molecule has 0 bridgehead atoms. The zero-order valence-corrected chi connectivity index (χ0v) is 23.7.